The van der Waals surface area contributed by atoms with Crippen molar-refractivity contribution in [2.45, 2.75) is 25.7 Å². The Balaban J connectivity index is 1.60. The highest BCUT2D eigenvalue weighted by molar-refractivity contribution is 5.54. The van der Waals surface area contributed by atoms with Crippen LogP contribution in [0.5, 0.6) is 17.2 Å². The average molecular weight is 376 g/mol. The highest BCUT2D eigenvalue weighted by Gasteiger charge is 2.13. The zero-order chi connectivity index (χ0) is 19.8. The van der Waals surface area contributed by atoms with E-state index in [0.29, 0.717) is 17.2 Å². The number of ether oxygens (including phenoxy) is 3. The fraction of sp³-hybridized carbons (Fsp3) is 0.280. The first-order valence-electron chi connectivity index (χ1n) is 9.64. The van der Waals surface area contributed by atoms with Gasteiger partial charge in [0.25, 0.3) is 0 Å². The predicted molar refractivity (Wildman–Crippen MR) is 114 cm³/mol. The summed E-state index contributed by atoms with van der Waals surface area (Å²) in [4.78, 5) is 0. The molecule has 0 heterocycles. The minimum absolute atomic E-state index is 0.636. The van der Waals surface area contributed by atoms with Crippen molar-refractivity contribution in [1.29, 1.82) is 0 Å². The Labute approximate surface area is 167 Å². The third-order valence-electron chi connectivity index (χ3n) is 5.00. The van der Waals surface area contributed by atoms with Crippen molar-refractivity contribution in [3.63, 3.8) is 0 Å². The van der Waals surface area contributed by atoms with E-state index >= 15 is 0 Å². The third-order valence-corrected chi connectivity index (χ3v) is 5.00. The molecule has 0 fully saturated rings. The lowest BCUT2D eigenvalue weighted by Gasteiger charge is -2.14. The number of methoxy groups -OCH3 is 3. The molecule has 0 atom stereocenters. The molecule has 0 amide bonds. The van der Waals surface area contributed by atoms with Gasteiger partial charge >= 0.3 is 0 Å². The monoisotopic (exact) mass is 376 g/mol. The molecule has 0 aromatic heterocycles. The quantitative estimate of drug-likeness (QED) is 0.508. The Hall–Kier alpha value is -2.94. The minimum atomic E-state index is 0.636. The molecule has 28 heavy (non-hydrogen) atoms. The predicted octanol–water partition coefficient (Wildman–Crippen LogP) is 5.28. The van der Waals surface area contributed by atoms with Crippen LogP contribution in [-0.4, -0.2) is 21.3 Å². The van der Waals surface area contributed by atoms with Crippen molar-refractivity contribution < 1.29 is 14.2 Å². The number of aryl methyl sites for hydroxylation is 4. The van der Waals surface area contributed by atoms with Crippen molar-refractivity contribution in [1.82, 2.24) is 0 Å². The summed E-state index contributed by atoms with van der Waals surface area (Å²) in [5.74, 6) is 2.04. The summed E-state index contributed by atoms with van der Waals surface area (Å²) < 4.78 is 16.3. The lowest BCUT2D eigenvalue weighted by atomic mass is 10.00. The normalized spacial score (nSPS) is 10.5. The van der Waals surface area contributed by atoms with Crippen LogP contribution in [0.2, 0.25) is 0 Å². The largest absolute Gasteiger partial charge is 0.493 e. The van der Waals surface area contributed by atoms with Gasteiger partial charge < -0.3 is 14.2 Å². The second-order valence-electron chi connectivity index (χ2n) is 6.84. The Bertz CT molecular complexity index is 845. The molecule has 0 saturated heterocycles. The molecule has 0 bridgehead atoms. The van der Waals surface area contributed by atoms with Crippen molar-refractivity contribution >= 4 is 0 Å². The van der Waals surface area contributed by atoms with Gasteiger partial charge in [-0.2, -0.15) is 0 Å². The van der Waals surface area contributed by atoms with Crippen LogP contribution in [-0.2, 0) is 25.7 Å². The molecule has 0 unspecified atom stereocenters. The summed E-state index contributed by atoms with van der Waals surface area (Å²) in [6.45, 7) is 0. The number of rotatable bonds is 9. The number of benzene rings is 3. The Morgan fingerprint density at radius 2 is 0.929 bits per heavy atom. The fourth-order valence-electron chi connectivity index (χ4n) is 3.37. The van der Waals surface area contributed by atoms with E-state index in [1.165, 1.54) is 22.3 Å². The zero-order valence-corrected chi connectivity index (χ0v) is 16.9. The van der Waals surface area contributed by atoms with Crippen LogP contribution in [0.15, 0.2) is 66.7 Å². The van der Waals surface area contributed by atoms with E-state index in [0.717, 1.165) is 25.7 Å². The highest BCUT2D eigenvalue weighted by atomic mass is 16.5. The summed E-state index contributed by atoms with van der Waals surface area (Å²) >= 11 is 0. The SMILES string of the molecule is COc1cc(CCc2ccc(CCc3ccccc3)cc2)cc(OC)c1OC. The van der Waals surface area contributed by atoms with E-state index in [-0.39, 0.29) is 0 Å². The smallest absolute Gasteiger partial charge is 0.203 e. The molecular formula is C25H28O3. The Morgan fingerprint density at radius 1 is 0.500 bits per heavy atom. The standard InChI is InChI=1S/C25H28O3/c1-26-23-17-22(18-24(27-2)25(23)28-3)16-15-21-13-11-20(12-14-21)10-9-19-7-5-4-6-8-19/h4-8,11-14,17-18H,9-10,15-16H2,1-3H3. The molecule has 0 aliphatic heterocycles. The van der Waals surface area contributed by atoms with Crippen molar-refractivity contribution in [2.75, 3.05) is 21.3 Å². The van der Waals surface area contributed by atoms with Gasteiger partial charge in [0.15, 0.2) is 11.5 Å². The molecule has 3 aromatic rings. The van der Waals surface area contributed by atoms with Crippen molar-refractivity contribution in [3.05, 3.63) is 89.0 Å². The molecule has 0 saturated carbocycles. The molecule has 146 valence electrons. The topological polar surface area (TPSA) is 27.7 Å². The van der Waals surface area contributed by atoms with Crippen molar-refractivity contribution in [2.24, 2.45) is 0 Å². The van der Waals surface area contributed by atoms with E-state index < -0.39 is 0 Å². The summed E-state index contributed by atoms with van der Waals surface area (Å²) in [5.41, 5.74) is 5.26. The summed E-state index contributed by atoms with van der Waals surface area (Å²) in [5, 5.41) is 0. The molecule has 3 rings (SSSR count). The summed E-state index contributed by atoms with van der Waals surface area (Å²) in [6.07, 6.45) is 4.03. The summed E-state index contributed by atoms with van der Waals surface area (Å²) in [7, 11) is 4.92. The van der Waals surface area contributed by atoms with E-state index in [1.54, 1.807) is 21.3 Å². The highest BCUT2D eigenvalue weighted by Crippen LogP contribution is 2.38. The molecule has 3 heteroatoms. The van der Waals surface area contributed by atoms with Gasteiger partial charge in [-0.3, -0.25) is 0 Å². The lowest BCUT2D eigenvalue weighted by molar-refractivity contribution is 0.324. The first-order chi connectivity index (χ1) is 13.7. The molecule has 0 aliphatic rings. The molecule has 0 N–H and O–H groups in total. The molecule has 0 spiro atoms. The maximum Gasteiger partial charge on any atom is 0.203 e. The van der Waals surface area contributed by atoms with Crippen LogP contribution in [0.3, 0.4) is 0 Å². The number of hydrogen-bond donors (Lipinski definition) is 0. The van der Waals surface area contributed by atoms with Crippen LogP contribution in [0.25, 0.3) is 0 Å². The van der Waals surface area contributed by atoms with Crippen LogP contribution in [0, 0.1) is 0 Å². The van der Waals surface area contributed by atoms with Gasteiger partial charge in [-0.25, -0.2) is 0 Å². The van der Waals surface area contributed by atoms with Gasteiger partial charge in [0, 0.05) is 0 Å². The van der Waals surface area contributed by atoms with Crippen LogP contribution < -0.4 is 14.2 Å². The Morgan fingerprint density at radius 3 is 1.36 bits per heavy atom. The maximum absolute atomic E-state index is 5.45. The average Bonchev–Trinajstić information content (AvgIpc) is 2.76. The van der Waals surface area contributed by atoms with Gasteiger partial charge in [0.2, 0.25) is 5.75 Å². The third kappa shape index (κ3) is 5.07. The molecule has 0 radical (unpaired) electrons. The second kappa shape index (κ2) is 9.84. The molecule has 3 nitrogen and oxygen atoms in total. The van der Waals surface area contributed by atoms with Crippen molar-refractivity contribution in [3.8, 4) is 17.2 Å². The molecular weight excluding hydrogens is 348 g/mol. The zero-order valence-electron chi connectivity index (χ0n) is 16.9. The summed E-state index contributed by atoms with van der Waals surface area (Å²) in [6, 6.07) is 23.6. The van der Waals surface area contributed by atoms with Crippen LogP contribution in [0.1, 0.15) is 22.3 Å². The van der Waals surface area contributed by atoms with Gasteiger partial charge in [-0.1, -0.05) is 54.6 Å². The Kier molecular flexibility index (Phi) is 6.96. The van der Waals surface area contributed by atoms with Gasteiger partial charge in [0.05, 0.1) is 21.3 Å². The fourth-order valence-corrected chi connectivity index (χ4v) is 3.37. The van der Waals surface area contributed by atoms with E-state index in [1.807, 2.05) is 12.1 Å². The van der Waals surface area contributed by atoms with E-state index in [2.05, 4.69) is 54.6 Å². The maximum atomic E-state index is 5.45. The number of hydrogen-bond acceptors (Lipinski definition) is 3. The van der Waals surface area contributed by atoms with E-state index in [9.17, 15) is 0 Å². The second-order valence-corrected chi connectivity index (χ2v) is 6.84. The van der Waals surface area contributed by atoms with Gasteiger partial charge in [0.1, 0.15) is 0 Å². The molecule has 3 aromatic carbocycles. The van der Waals surface area contributed by atoms with E-state index in [4.69, 9.17) is 14.2 Å². The van der Waals surface area contributed by atoms with Gasteiger partial charge in [-0.05, 0) is 60.1 Å². The van der Waals surface area contributed by atoms with Crippen LogP contribution in [0.4, 0.5) is 0 Å². The first kappa shape index (κ1) is 19.8. The van der Waals surface area contributed by atoms with Gasteiger partial charge in [-0.15, -0.1) is 0 Å². The first-order valence-corrected chi connectivity index (χ1v) is 9.64. The lowest BCUT2D eigenvalue weighted by Crippen LogP contribution is -1.98. The van der Waals surface area contributed by atoms with Crippen LogP contribution >= 0.6 is 0 Å². The minimum Gasteiger partial charge on any atom is -0.493 e. The molecule has 0 aliphatic carbocycles.